The summed E-state index contributed by atoms with van der Waals surface area (Å²) in [6, 6.07) is 6.73. The van der Waals surface area contributed by atoms with E-state index in [9.17, 15) is 13.2 Å². The Morgan fingerprint density at radius 1 is 1.06 bits per heavy atom. The summed E-state index contributed by atoms with van der Waals surface area (Å²) in [5, 5.41) is 6.92. The quantitative estimate of drug-likeness (QED) is 0.662. The molecular weight excluding hydrogens is 407 g/mol. The van der Waals surface area contributed by atoms with Gasteiger partial charge in [-0.05, 0) is 57.2 Å². The van der Waals surface area contributed by atoms with E-state index in [-0.39, 0.29) is 5.75 Å². The van der Waals surface area contributed by atoms with Crippen molar-refractivity contribution in [3.05, 3.63) is 41.1 Å². The first-order valence-corrected chi connectivity index (χ1v) is 10.5. The maximum Gasteiger partial charge on any atom is 0.573 e. The number of hydrogen-bond acceptors (Lipinski definition) is 6. The highest BCUT2D eigenvalue weighted by molar-refractivity contribution is 5.51. The molecule has 0 unspecified atom stereocenters. The lowest BCUT2D eigenvalue weighted by Crippen LogP contribution is -2.37. The Labute approximate surface area is 181 Å². The van der Waals surface area contributed by atoms with Crippen molar-refractivity contribution < 1.29 is 17.9 Å². The van der Waals surface area contributed by atoms with Crippen molar-refractivity contribution in [1.82, 2.24) is 15.3 Å². The Morgan fingerprint density at radius 2 is 1.74 bits per heavy atom. The van der Waals surface area contributed by atoms with Gasteiger partial charge in [-0.25, -0.2) is 4.98 Å². The summed E-state index contributed by atoms with van der Waals surface area (Å²) < 4.78 is 41.2. The van der Waals surface area contributed by atoms with Crippen LogP contribution >= 0.6 is 0 Å². The van der Waals surface area contributed by atoms with Crippen LogP contribution in [0.1, 0.15) is 42.5 Å². The van der Waals surface area contributed by atoms with Crippen LogP contribution < -0.4 is 20.3 Å². The fourth-order valence-corrected chi connectivity index (χ4v) is 3.85. The summed E-state index contributed by atoms with van der Waals surface area (Å²) in [5.74, 6) is 1.39. The molecule has 0 atom stereocenters. The summed E-state index contributed by atoms with van der Waals surface area (Å²) in [6.45, 7) is 4.52. The van der Waals surface area contributed by atoms with Crippen molar-refractivity contribution in [2.45, 2.75) is 64.5 Å². The van der Waals surface area contributed by atoms with Crippen LogP contribution in [0.3, 0.4) is 0 Å². The van der Waals surface area contributed by atoms with Crippen LogP contribution in [0.25, 0.3) is 0 Å². The molecule has 1 aromatic carbocycles. The SMILES string of the molecule is Cc1nc(NC2CCC(NCc3cccc(OC(F)(F)F)c3)CC2)nc(N(C)C)c1C. The van der Waals surface area contributed by atoms with E-state index < -0.39 is 6.36 Å². The Balaban J connectivity index is 1.49. The molecule has 9 heteroatoms. The number of anilines is 2. The van der Waals surface area contributed by atoms with Crippen molar-refractivity contribution >= 4 is 11.8 Å². The minimum Gasteiger partial charge on any atom is -0.406 e. The number of rotatable bonds is 7. The Kier molecular flexibility index (Phi) is 7.25. The summed E-state index contributed by atoms with van der Waals surface area (Å²) in [5.41, 5.74) is 2.81. The molecule has 31 heavy (non-hydrogen) atoms. The second-order valence-electron chi connectivity index (χ2n) is 8.24. The Bertz CT molecular complexity index is 880. The molecule has 1 aliphatic carbocycles. The zero-order chi connectivity index (χ0) is 22.6. The van der Waals surface area contributed by atoms with Crippen molar-refractivity contribution in [3.8, 4) is 5.75 Å². The van der Waals surface area contributed by atoms with E-state index in [1.807, 2.05) is 32.8 Å². The summed E-state index contributed by atoms with van der Waals surface area (Å²) in [7, 11) is 3.95. The average Bonchev–Trinajstić information content (AvgIpc) is 2.69. The van der Waals surface area contributed by atoms with Crippen molar-refractivity contribution in [1.29, 1.82) is 0 Å². The predicted octanol–water partition coefficient (Wildman–Crippen LogP) is 4.57. The number of benzene rings is 1. The maximum atomic E-state index is 12.4. The fraction of sp³-hybridized carbons (Fsp3) is 0.545. The number of ether oxygens (including phenoxy) is 1. The molecule has 6 nitrogen and oxygen atoms in total. The molecule has 0 spiro atoms. The molecule has 2 aromatic rings. The van der Waals surface area contributed by atoms with Crippen molar-refractivity contribution in [2.75, 3.05) is 24.3 Å². The third-order valence-electron chi connectivity index (χ3n) is 5.57. The van der Waals surface area contributed by atoms with E-state index in [0.29, 0.717) is 24.6 Å². The molecule has 0 saturated heterocycles. The molecule has 170 valence electrons. The van der Waals surface area contributed by atoms with Crippen LogP contribution in [-0.4, -0.2) is 42.5 Å². The predicted molar refractivity (Wildman–Crippen MR) is 115 cm³/mol. The molecule has 1 heterocycles. The van der Waals surface area contributed by atoms with Gasteiger partial charge in [0.2, 0.25) is 5.95 Å². The molecule has 1 aliphatic rings. The van der Waals surface area contributed by atoms with E-state index in [0.717, 1.165) is 48.3 Å². The van der Waals surface area contributed by atoms with Crippen LogP contribution in [0.4, 0.5) is 24.9 Å². The summed E-state index contributed by atoms with van der Waals surface area (Å²) in [6.07, 6.45) is -0.779. The third-order valence-corrected chi connectivity index (χ3v) is 5.57. The second-order valence-corrected chi connectivity index (χ2v) is 8.24. The largest absolute Gasteiger partial charge is 0.573 e. The van der Waals surface area contributed by atoms with E-state index >= 15 is 0 Å². The first kappa shape index (κ1) is 23.1. The van der Waals surface area contributed by atoms with Crippen LogP contribution in [0.5, 0.6) is 5.75 Å². The number of hydrogen-bond donors (Lipinski definition) is 2. The van der Waals surface area contributed by atoms with Gasteiger partial charge in [0.1, 0.15) is 11.6 Å². The number of nitrogens with one attached hydrogen (secondary N) is 2. The highest BCUT2D eigenvalue weighted by Crippen LogP contribution is 2.26. The molecule has 2 N–H and O–H groups in total. The fourth-order valence-electron chi connectivity index (χ4n) is 3.85. The van der Waals surface area contributed by atoms with Gasteiger partial charge in [-0.1, -0.05) is 12.1 Å². The standard InChI is InChI=1S/C22H30F3N5O/c1-14-15(2)27-21(29-20(14)30(3)4)28-18-10-8-17(9-11-18)26-13-16-6-5-7-19(12-16)31-22(23,24)25/h5-7,12,17-18,26H,8-11,13H2,1-4H3,(H,27,28,29). The van der Waals surface area contributed by atoms with Crippen molar-refractivity contribution in [3.63, 3.8) is 0 Å². The molecule has 1 fully saturated rings. The van der Waals surface area contributed by atoms with E-state index in [1.165, 1.54) is 12.1 Å². The summed E-state index contributed by atoms with van der Waals surface area (Å²) in [4.78, 5) is 11.2. The van der Waals surface area contributed by atoms with Gasteiger partial charge < -0.3 is 20.3 Å². The normalized spacial score (nSPS) is 19.2. The van der Waals surface area contributed by atoms with Crippen molar-refractivity contribution in [2.24, 2.45) is 0 Å². The summed E-state index contributed by atoms with van der Waals surface area (Å²) >= 11 is 0. The molecule has 1 aromatic heterocycles. The molecule has 0 bridgehead atoms. The third kappa shape index (κ3) is 6.72. The molecule has 3 rings (SSSR count). The van der Waals surface area contributed by atoms with Gasteiger partial charge in [0, 0.05) is 44.0 Å². The lowest BCUT2D eigenvalue weighted by molar-refractivity contribution is -0.274. The molecule has 1 saturated carbocycles. The van der Waals surface area contributed by atoms with Gasteiger partial charge in [0.15, 0.2) is 0 Å². The second kappa shape index (κ2) is 9.72. The monoisotopic (exact) mass is 437 g/mol. The topological polar surface area (TPSA) is 62.3 Å². The average molecular weight is 438 g/mol. The highest BCUT2D eigenvalue weighted by atomic mass is 19.4. The zero-order valence-corrected chi connectivity index (χ0v) is 18.4. The van der Waals surface area contributed by atoms with Crippen LogP contribution in [0, 0.1) is 13.8 Å². The van der Waals surface area contributed by atoms with E-state index in [1.54, 1.807) is 12.1 Å². The maximum absolute atomic E-state index is 12.4. The number of halogens is 3. The van der Waals surface area contributed by atoms with Gasteiger partial charge in [-0.15, -0.1) is 13.2 Å². The lowest BCUT2D eigenvalue weighted by atomic mass is 9.91. The minimum absolute atomic E-state index is 0.190. The Hall–Kier alpha value is -2.55. The van der Waals surface area contributed by atoms with Gasteiger partial charge in [0.05, 0.1) is 0 Å². The molecular formula is C22H30F3N5O. The number of aryl methyl sites for hydroxylation is 1. The van der Waals surface area contributed by atoms with Crippen LogP contribution in [0.2, 0.25) is 0 Å². The van der Waals surface area contributed by atoms with E-state index in [4.69, 9.17) is 0 Å². The van der Waals surface area contributed by atoms with Crippen LogP contribution in [-0.2, 0) is 6.54 Å². The molecule has 0 radical (unpaired) electrons. The minimum atomic E-state index is -4.68. The molecule has 0 aliphatic heterocycles. The first-order chi connectivity index (χ1) is 14.6. The smallest absolute Gasteiger partial charge is 0.406 e. The van der Waals surface area contributed by atoms with Gasteiger partial charge in [-0.3, -0.25) is 0 Å². The van der Waals surface area contributed by atoms with Gasteiger partial charge in [0.25, 0.3) is 0 Å². The number of alkyl halides is 3. The van der Waals surface area contributed by atoms with Crippen LogP contribution in [0.15, 0.2) is 24.3 Å². The van der Waals surface area contributed by atoms with Gasteiger partial charge >= 0.3 is 6.36 Å². The number of nitrogens with zero attached hydrogens (tertiary/aromatic N) is 3. The zero-order valence-electron chi connectivity index (χ0n) is 18.4. The number of aromatic nitrogens is 2. The van der Waals surface area contributed by atoms with E-state index in [2.05, 4.69) is 25.3 Å². The Morgan fingerprint density at radius 3 is 2.39 bits per heavy atom. The van der Waals surface area contributed by atoms with Gasteiger partial charge in [-0.2, -0.15) is 4.98 Å². The lowest BCUT2D eigenvalue weighted by Gasteiger charge is -2.30. The first-order valence-electron chi connectivity index (χ1n) is 10.5. The highest BCUT2D eigenvalue weighted by Gasteiger charge is 2.31. The molecule has 0 amide bonds.